The van der Waals surface area contributed by atoms with Crippen molar-refractivity contribution >= 4 is 21.6 Å². The Hall–Kier alpha value is -2.55. The Labute approximate surface area is 146 Å². The molecule has 1 aliphatic heterocycles. The van der Waals surface area contributed by atoms with Crippen molar-refractivity contribution in [3.63, 3.8) is 0 Å². The first-order chi connectivity index (χ1) is 11.9. The number of fused-ring (bicyclic) bond motifs is 1. The predicted octanol–water partition coefficient (Wildman–Crippen LogP) is 0.617. The number of anilines is 1. The van der Waals surface area contributed by atoms with E-state index in [0.29, 0.717) is 18.0 Å². The van der Waals surface area contributed by atoms with E-state index < -0.39 is 16.1 Å². The van der Waals surface area contributed by atoms with Crippen molar-refractivity contribution in [3.05, 3.63) is 43.0 Å². The fourth-order valence-electron chi connectivity index (χ4n) is 2.66. The number of nitrogens with one attached hydrogen (secondary N) is 1. The summed E-state index contributed by atoms with van der Waals surface area (Å²) in [5, 5.41) is 2.80. The number of sulfonamides is 1. The topological polar surface area (TPSA) is 93.5 Å². The van der Waals surface area contributed by atoms with Gasteiger partial charge in [-0.1, -0.05) is 12.1 Å². The van der Waals surface area contributed by atoms with Crippen molar-refractivity contribution in [3.8, 4) is 5.75 Å². The van der Waals surface area contributed by atoms with Crippen LogP contribution in [0.2, 0.25) is 0 Å². The molecule has 1 amide bonds. The van der Waals surface area contributed by atoms with Crippen LogP contribution in [0.1, 0.15) is 6.42 Å². The molecular weight excluding hydrogens is 344 g/mol. The summed E-state index contributed by atoms with van der Waals surface area (Å²) in [5.74, 6) is 0.0616. The maximum absolute atomic E-state index is 12.4. The van der Waals surface area contributed by atoms with E-state index in [-0.39, 0.29) is 12.5 Å². The van der Waals surface area contributed by atoms with Crippen LogP contribution in [0, 0.1) is 0 Å². The zero-order valence-electron chi connectivity index (χ0n) is 13.8. The molecule has 134 valence electrons. The summed E-state index contributed by atoms with van der Waals surface area (Å²) in [5.41, 5.74) is 0.453. The molecule has 3 rings (SSSR count). The van der Waals surface area contributed by atoms with Crippen molar-refractivity contribution in [2.24, 2.45) is 0 Å². The maximum Gasteiger partial charge on any atom is 0.263 e. The molecule has 9 heteroatoms. The Kier molecular flexibility index (Phi) is 4.93. The largest absolute Gasteiger partial charge is 0.476 e. The molecule has 0 aliphatic carbocycles. The normalized spacial score (nSPS) is 16.8. The summed E-state index contributed by atoms with van der Waals surface area (Å²) in [7, 11) is -3.50. The van der Waals surface area contributed by atoms with Gasteiger partial charge in [-0.25, -0.2) is 13.4 Å². The van der Waals surface area contributed by atoms with Gasteiger partial charge in [0.25, 0.3) is 5.91 Å². The number of imidazole rings is 1. The molecule has 1 aromatic heterocycles. The van der Waals surface area contributed by atoms with E-state index in [1.807, 2.05) is 10.8 Å². The lowest BCUT2D eigenvalue weighted by atomic mass is 10.2. The van der Waals surface area contributed by atoms with Gasteiger partial charge in [0.2, 0.25) is 10.0 Å². The van der Waals surface area contributed by atoms with Crippen LogP contribution < -0.4 is 14.4 Å². The molecule has 0 fully saturated rings. The molecule has 1 atom stereocenters. The summed E-state index contributed by atoms with van der Waals surface area (Å²) < 4.78 is 32.9. The molecule has 0 spiro atoms. The minimum Gasteiger partial charge on any atom is -0.476 e. The summed E-state index contributed by atoms with van der Waals surface area (Å²) in [6.45, 7) is 1.17. The van der Waals surface area contributed by atoms with Gasteiger partial charge in [-0.15, -0.1) is 0 Å². The van der Waals surface area contributed by atoms with Crippen LogP contribution in [0.25, 0.3) is 0 Å². The van der Waals surface area contributed by atoms with Gasteiger partial charge in [-0.2, -0.15) is 0 Å². The van der Waals surface area contributed by atoms with E-state index in [1.165, 1.54) is 4.31 Å². The molecule has 0 unspecified atom stereocenters. The Morgan fingerprint density at radius 2 is 2.20 bits per heavy atom. The lowest BCUT2D eigenvalue weighted by Crippen LogP contribution is -2.50. The van der Waals surface area contributed by atoms with Gasteiger partial charge in [-0.05, 0) is 18.6 Å². The summed E-state index contributed by atoms with van der Waals surface area (Å²) in [6.07, 6.45) is 6.25. The Balaban J connectivity index is 1.61. The first-order valence-corrected chi connectivity index (χ1v) is 9.77. The van der Waals surface area contributed by atoms with Crippen LogP contribution in [0.15, 0.2) is 43.0 Å². The SMILES string of the molecule is CS(=O)(=O)N1C[C@@H](C(=O)NCCCn2ccnc2)Oc2ccccc21. The second-order valence-corrected chi connectivity index (χ2v) is 7.72. The van der Waals surface area contributed by atoms with Gasteiger partial charge >= 0.3 is 0 Å². The highest BCUT2D eigenvalue weighted by molar-refractivity contribution is 7.92. The smallest absolute Gasteiger partial charge is 0.263 e. The zero-order chi connectivity index (χ0) is 17.9. The second-order valence-electron chi connectivity index (χ2n) is 5.81. The molecule has 1 aromatic carbocycles. The molecule has 1 aliphatic rings. The number of carbonyl (C=O) groups is 1. The van der Waals surface area contributed by atoms with Gasteiger partial charge < -0.3 is 14.6 Å². The van der Waals surface area contributed by atoms with Gasteiger partial charge in [0.1, 0.15) is 5.75 Å². The maximum atomic E-state index is 12.4. The molecule has 1 N–H and O–H groups in total. The number of hydrogen-bond donors (Lipinski definition) is 1. The minimum atomic E-state index is -3.50. The third-order valence-corrected chi connectivity index (χ3v) is 5.03. The number of ether oxygens (including phenoxy) is 1. The minimum absolute atomic E-state index is 0.0385. The van der Waals surface area contributed by atoms with Crippen molar-refractivity contribution in [1.29, 1.82) is 0 Å². The van der Waals surface area contributed by atoms with E-state index in [0.717, 1.165) is 19.2 Å². The van der Waals surface area contributed by atoms with Crippen LogP contribution in [0.5, 0.6) is 5.75 Å². The van der Waals surface area contributed by atoms with Crippen molar-refractivity contribution in [2.45, 2.75) is 19.1 Å². The van der Waals surface area contributed by atoms with Crippen LogP contribution in [0.4, 0.5) is 5.69 Å². The van der Waals surface area contributed by atoms with Gasteiger partial charge in [0.05, 0.1) is 24.8 Å². The summed E-state index contributed by atoms with van der Waals surface area (Å²) in [6, 6.07) is 6.79. The summed E-state index contributed by atoms with van der Waals surface area (Å²) >= 11 is 0. The Bertz CT molecular complexity index is 836. The third-order valence-electron chi connectivity index (χ3n) is 3.88. The van der Waals surface area contributed by atoms with Gasteiger partial charge in [-0.3, -0.25) is 9.10 Å². The monoisotopic (exact) mass is 364 g/mol. The molecule has 0 bridgehead atoms. The molecule has 8 nitrogen and oxygen atoms in total. The number of amides is 1. The van der Waals surface area contributed by atoms with E-state index in [4.69, 9.17) is 4.74 Å². The molecular formula is C16H20N4O4S. The molecule has 0 saturated carbocycles. The van der Waals surface area contributed by atoms with Crippen molar-refractivity contribution in [2.75, 3.05) is 23.7 Å². The molecule has 0 saturated heterocycles. The van der Waals surface area contributed by atoms with Crippen molar-refractivity contribution in [1.82, 2.24) is 14.9 Å². The average Bonchev–Trinajstić information content (AvgIpc) is 3.10. The number of aryl methyl sites for hydroxylation is 1. The number of benzene rings is 1. The van der Waals surface area contributed by atoms with Gasteiger partial charge in [0.15, 0.2) is 6.10 Å². The zero-order valence-corrected chi connectivity index (χ0v) is 14.6. The summed E-state index contributed by atoms with van der Waals surface area (Å²) in [4.78, 5) is 16.3. The fraction of sp³-hybridized carbons (Fsp3) is 0.375. The standard InChI is InChI=1S/C16H20N4O4S/c1-25(22,23)20-11-15(24-14-6-3-2-5-13(14)20)16(21)18-7-4-9-19-10-8-17-12-19/h2-3,5-6,8,10,12,15H,4,7,9,11H2,1H3,(H,18,21)/t15-/m0/s1. The van der Waals surface area contributed by atoms with E-state index >= 15 is 0 Å². The van der Waals surface area contributed by atoms with Crippen LogP contribution in [-0.4, -0.2) is 49.3 Å². The third kappa shape index (κ3) is 4.11. The number of para-hydroxylation sites is 2. The second kappa shape index (κ2) is 7.14. The fourth-order valence-corrected chi connectivity index (χ4v) is 3.57. The molecule has 2 aromatic rings. The lowest BCUT2D eigenvalue weighted by Gasteiger charge is -2.33. The Morgan fingerprint density at radius 3 is 2.92 bits per heavy atom. The lowest BCUT2D eigenvalue weighted by molar-refractivity contribution is -0.127. The number of nitrogens with zero attached hydrogens (tertiary/aromatic N) is 3. The number of hydrogen-bond acceptors (Lipinski definition) is 5. The van der Waals surface area contributed by atoms with E-state index in [9.17, 15) is 13.2 Å². The molecule has 25 heavy (non-hydrogen) atoms. The highest BCUT2D eigenvalue weighted by Crippen LogP contribution is 2.34. The highest BCUT2D eigenvalue weighted by Gasteiger charge is 2.34. The van der Waals surface area contributed by atoms with E-state index in [2.05, 4.69) is 10.3 Å². The van der Waals surface area contributed by atoms with Crippen molar-refractivity contribution < 1.29 is 17.9 Å². The Morgan fingerprint density at radius 1 is 1.40 bits per heavy atom. The van der Waals surface area contributed by atoms with Crippen LogP contribution in [-0.2, 0) is 21.4 Å². The highest BCUT2D eigenvalue weighted by atomic mass is 32.2. The first-order valence-electron chi connectivity index (χ1n) is 7.92. The molecule has 0 radical (unpaired) electrons. The quantitative estimate of drug-likeness (QED) is 0.759. The first kappa shape index (κ1) is 17.3. The number of rotatable bonds is 6. The van der Waals surface area contributed by atoms with Crippen LogP contribution >= 0.6 is 0 Å². The van der Waals surface area contributed by atoms with Crippen LogP contribution in [0.3, 0.4) is 0 Å². The number of carbonyl (C=O) groups excluding carboxylic acids is 1. The number of aromatic nitrogens is 2. The predicted molar refractivity (Wildman–Crippen MR) is 92.9 cm³/mol. The molecule has 2 heterocycles. The average molecular weight is 364 g/mol. The van der Waals surface area contributed by atoms with Gasteiger partial charge in [0, 0.05) is 25.5 Å². The van der Waals surface area contributed by atoms with E-state index in [1.54, 1.807) is 36.8 Å².